The number of amides is 1. The molecule has 0 bridgehead atoms. The summed E-state index contributed by atoms with van der Waals surface area (Å²) in [7, 11) is 4.03. The van der Waals surface area contributed by atoms with E-state index in [-0.39, 0.29) is 11.9 Å². The van der Waals surface area contributed by atoms with Crippen LogP contribution in [0.3, 0.4) is 0 Å². The molecule has 0 unspecified atom stereocenters. The van der Waals surface area contributed by atoms with Gasteiger partial charge in [-0.15, -0.1) is 11.3 Å². The Kier molecular flexibility index (Phi) is 5.14. The number of fused-ring (bicyclic) bond motifs is 1. The van der Waals surface area contributed by atoms with Gasteiger partial charge in [-0.05, 0) is 35.2 Å². The maximum Gasteiger partial charge on any atom is 0.224 e. The highest BCUT2D eigenvalue weighted by Gasteiger charge is 2.30. The van der Waals surface area contributed by atoms with Crippen LogP contribution in [-0.2, 0) is 11.2 Å². The molecule has 0 radical (unpaired) electrons. The lowest BCUT2D eigenvalue weighted by Crippen LogP contribution is -2.40. The second-order valence-electron chi connectivity index (χ2n) is 7.36. The predicted octanol–water partition coefficient (Wildman–Crippen LogP) is 3.38. The minimum absolute atomic E-state index is 0.0902. The Morgan fingerprint density at radius 3 is 2.67 bits per heavy atom. The lowest BCUT2D eigenvalue weighted by atomic mass is 10.0. The number of anilines is 1. The third-order valence-corrected chi connectivity index (χ3v) is 6.44. The van der Waals surface area contributed by atoms with E-state index < -0.39 is 0 Å². The van der Waals surface area contributed by atoms with Gasteiger partial charge in [-0.1, -0.05) is 30.3 Å². The molecule has 1 saturated heterocycles. The average molecular weight is 380 g/mol. The summed E-state index contributed by atoms with van der Waals surface area (Å²) in [4.78, 5) is 16.0. The van der Waals surface area contributed by atoms with Gasteiger partial charge in [-0.25, -0.2) is 0 Å². The van der Waals surface area contributed by atoms with Crippen molar-refractivity contribution in [2.75, 3.05) is 32.1 Å². The van der Waals surface area contributed by atoms with Crippen LogP contribution in [0.5, 0.6) is 0 Å². The van der Waals surface area contributed by atoms with E-state index in [4.69, 9.17) is 0 Å². The Bertz CT molecular complexity index is 899. The summed E-state index contributed by atoms with van der Waals surface area (Å²) in [6, 6.07) is 19.1. The van der Waals surface area contributed by atoms with Crippen LogP contribution in [0.25, 0.3) is 10.1 Å². The van der Waals surface area contributed by atoms with Crippen LogP contribution in [0.15, 0.2) is 54.6 Å². The molecular weight excluding hydrogens is 354 g/mol. The molecule has 2 N–H and O–H groups in total. The molecule has 2 atom stereocenters. The Morgan fingerprint density at radius 2 is 1.93 bits per heavy atom. The molecule has 0 aliphatic carbocycles. The molecule has 4 rings (SSSR count). The molecule has 1 aliphatic rings. The molecule has 1 aromatic heterocycles. The number of carbonyl (C=O) groups excluding carboxylic acids is 1. The molecule has 5 heteroatoms. The van der Waals surface area contributed by atoms with Crippen molar-refractivity contribution >= 4 is 33.0 Å². The number of nitrogens with zero attached hydrogens (tertiary/aromatic N) is 1. The fraction of sp³-hybridized carbons (Fsp3) is 0.318. The standard InChI is InChI=1S/C22H25N3OS/c1-25(2)17-9-7-15(8-10-17)11-22(26)24-19-14-23-13-18(19)21-12-16-5-3-4-6-20(16)27-21/h3-10,12,18-19,23H,11,13-14H2,1-2H3,(H,24,26)/t18-,19-/m1/s1. The van der Waals surface area contributed by atoms with Gasteiger partial charge in [0.25, 0.3) is 0 Å². The van der Waals surface area contributed by atoms with Crippen molar-refractivity contribution in [3.8, 4) is 0 Å². The van der Waals surface area contributed by atoms with E-state index >= 15 is 0 Å². The second kappa shape index (κ2) is 7.71. The summed E-state index contributed by atoms with van der Waals surface area (Å²) in [5.41, 5.74) is 2.19. The zero-order chi connectivity index (χ0) is 18.8. The average Bonchev–Trinajstić information content (AvgIpc) is 3.28. The van der Waals surface area contributed by atoms with Crippen molar-refractivity contribution in [1.82, 2.24) is 10.6 Å². The Labute approximate surface area is 164 Å². The number of rotatable bonds is 5. The zero-order valence-corrected chi connectivity index (χ0v) is 16.6. The Balaban J connectivity index is 1.42. The van der Waals surface area contributed by atoms with E-state index in [1.807, 2.05) is 37.6 Å². The molecule has 1 amide bonds. The van der Waals surface area contributed by atoms with E-state index in [1.54, 1.807) is 0 Å². The molecule has 0 spiro atoms. The van der Waals surface area contributed by atoms with Crippen molar-refractivity contribution < 1.29 is 4.79 Å². The molecular formula is C22H25N3OS. The fourth-order valence-electron chi connectivity index (χ4n) is 3.67. The van der Waals surface area contributed by atoms with Crippen LogP contribution >= 0.6 is 11.3 Å². The van der Waals surface area contributed by atoms with Crippen molar-refractivity contribution in [3.63, 3.8) is 0 Å². The Hall–Kier alpha value is -2.37. The molecule has 0 saturated carbocycles. The number of carbonyl (C=O) groups is 1. The van der Waals surface area contributed by atoms with Gasteiger partial charge in [0.15, 0.2) is 0 Å². The number of benzene rings is 2. The first-order chi connectivity index (χ1) is 13.1. The highest BCUT2D eigenvalue weighted by atomic mass is 32.1. The van der Waals surface area contributed by atoms with Crippen LogP contribution in [0, 0.1) is 0 Å². The summed E-state index contributed by atoms with van der Waals surface area (Å²) in [5, 5.41) is 7.98. The molecule has 3 aromatic rings. The number of hydrogen-bond donors (Lipinski definition) is 2. The minimum atomic E-state index is 0.0902. The minimum Gasteiger partial charge on any atom is -0.378 e. The summed E-state index contributed by atoms with van der Waals surface area (Å²) in [5.74, 6) is 0.426. The normalized spacial score (nSPS) is 19.3. The number of hydrogen-bond acceptors (Lipinski definition) is 4. The van der Waals surface area contributed by atoms with Crippen LogP contribution < -0.4 is 15.5 Å². The molecule has 27 heavy (non-hydrogen) atoms. The van der Waals surface area contributed by atoms with Crippen molar-refractivity contribution in [1.29, 1.82) is 0 Å². The molecule has 2 heterocycles. The SMILES string of the molecule is CN(C)c1ccc(CC(=O)N[C@@H]2CNC[C@H]2c2cc3ccccc3s2)cc1. The maximum atomic E-state index is 12.6. The van der Waals surface area contributed by atoms with Gasteiger partial charge < -0.3 is 15.5 Å². The molecule has 2 aromatic carbocycles. The van der Waals surface area contributed by atoms with Gasteiger partial charge in [0.2, 0.25) is 5.91 Å². The highest BCUT2D eigenvalue weighted by Crippen LogP contribution is 2.33. The number of nitrogens with one attached hydrogen (secondary N) is 2. The van der Waals surface area contributed by atoms with Crippen molar-refractivity contribution in [2.24, 2.45) is 0 Å². The molecule has 1 fully saturated rings. The van der Waals surface area contributed by atoms with Crippen molar-refractivity contribution in [3.05, 3.63) is 65.0 Å². The van der Waals surface area contributed by atoms with Gasteiger partial charge in [0.05, 0.1) is 12.5 Å². The topological polar surface area (TPSA) is 44.4 Å². The maximum absolute atomic E-state index is 12.6. The van der Waals surface area contributed by atoms with Gasteiger partial charge in [-0.3, -0.25) is 4.79 Å². The van der Waals surface area contributed by atoms with E-state index in [0.717, 1.165) is 24.3 Å². The van der Waals surface area contributed by atoms with Crippen LogP contribution in [0.2, 0.25) is 0 Å². The lowest BCUT2D eigenvalue weighted by molar-refractivity contribution is -0.121. The quantitative estimate of drug-likeness (QED) is 0.714. The van der Waals surface area contributed by atoms with Gasteiger partial charge >= 0.3 is 0 Å². The monoisotopic (exact) mass is 379 g/mol. The van der Waals surface area contributed by atoms with E-state index in [9.17, 15) is 4.79 Å². The molecule has 140 valence electrons. The molecule has 4 nitrogen and oxygen atoms in total. The number of thiophene rings is 1. The van der Waals surface area contributed by atoms with Gasteiger partial charge in [-0.2, -0.15) is 0 Å². The molecule has 1 aliphatic heterocycles. The van der Waals surface area contributed by atoms with Crippen LogP contribution in [0.4, 0.5) is 5.69 Å². The van der Waals surface area contributed by atoms with Crippen LogP contribution in [-0.4, -0.2) is 39.1 Å². The third-order valence-electron chi connectivity index (χ3n) is 5.19. The summed E-state index contributed by atoms with van der Waals surface area (Å²) in [6.45, 7) is 1.74. The summed E-state index contributed by atoms with van der Waals surface area (Å²) < 4.78 is 1.31. The third kappa shape index (κ3) is 3.99. The lowest BCUT2D eigenvalue weighted by Gasteiger charge is -2.19. The Morgan fingerprint density at radius 1 is 1.15 bits per heavy atom. The highest BCUT2D eigenvalue weighted by molar-refractivity contribution is 7.19. The van der Waals surface area contributed by atoms with E-state index in [1.165, 1.54) is 15.0 Å². The van der Waals surface area contributed by atoms with Gasteiger partial charge in [0, 0.05) is 48.4 Å². The largest absolute Gasteiger partial charge is 0.378 e. The van der Waals surface area contributed by atoms with Crippen LogP contribution in [0.1, 0.15) is 16.4 Å². The van der Waals surface area contributed by atoms with Gasteiger partial charge in [0.1, 0.15) is 0 Å². The first kappa shape index (κ1) is 18.0. The van der Waals surface area contributed by atoms with E-state index in [0.29, 0.717) is 12.3 Å². The second-order valence-corrected chi connectivity index (χ2v) is 8.48. The first-order valence-corrected chi connectivity index (χ1v) is 10.2. The fourth-order valence-corrected chi connectivity index (χ4v) is 4.90. The summed E-state index contributed by atoms with van der Waals surface area (Å²) >= 11 is 1.84. The predicted molar refractivity (Wildman–Crippen MR) is 114 cm³/mol. The van der Waals surface area contributed by atoms with E-state index in [2.05, 4.69) is 58.0 Å². The summed E-state index contributed by atoms with van der Waals surface area (Å²) in [6.07, 6.45) is 0.420. The smallest absolute Gasteiger partial charge is 0.224 e. The zero-order valence-electron chi connectivity index (χ0n) is 15.7. The van der Waals surface area contributed by atoms with Crippen molar-refractivity contribution in [2.45, 2.75) is 18.4 Å². The first-order valence-electron chi connectivity index (χ1n) is 9.35.